The van der Waals surface area contributed by atoms with E-state index < -0.39 is 12.7 Å². The Hall–Kier alpha value is 0.0400. The lowest BCUT2D eigenvalue weighted by Crippen LogP contribution is -2.36. The van der Waals surface area contributed by atoms with Crippen LogP contribution in [-0.2, 0) is 0 Å². The molecule has 0 aromatic rings. The van der Waals surface area contributed by atoms with Crippen molar-refractivity contribution in [3.05, 3.63) is 0 Å². The van der Waals surface area contributed by atoms with Gasteiger partial charge in [0.25, 0.3) is 0 Å². The zero-order valence-corrected chi connectivity index (χ0v) is 9.37. The van der Waals surface area contributed by atoms with Crippen molar-refractivity contribution < 1.29 is 13.2 Å². The molecule has 0 aliphatic heterocycles. The maximum absolute atomic E-state index is 11.9. The van der Waals surface area contributed by atoms with E-state index >= 15 is 0 Å². The number of halogens is 4. The van der Waals surface area contributed by atoms with Gasteiger partial charge in [0, 0.05) is 5.88 Å². The largest absolute Gasteiger partial charge is 0.401 e. The van der Waals surface area contributed by atoms with Crippen molar-refractivity contribution in [2.45, 2.75) is 31.9 Å². The van der Waals surface area contributed by atoms with Crippen LogP contribution >= 0.6 is 11.6 Å². The standard InChI is InChI=1S/C10H17ClF3N/c11-5-8-3-1-2-4-9(8)6-15-7-10(12,13)14/h8-9,15H,1-7H2. The lowest BCUT2D eigenvalue weighted by Gasteiger charge is -2.30. The maximum atomic E-state index is 11.9. The third-order valence-corrected chi connectivity index (χ3v) is 3.39. The first-order valence-electron chi connectivity index (χ1n) is 5.36. The zero-order valence-electron chi connectivity index (χ0n) is 8.62. The van der Waals surface area contributed by atoms with Crippen molar-refractivity contribution in [3.63, 3.8) is 0 Å². The van der Waals surface area contributed by atoms with E-state index in [2.05, 4.69) is 5.32 Å². The average Bonchev–Trinajstić information content (AvgIpc) is 2.16. The van der Waals surface area contributed by atoms with Crippen molar-refractivity contribution in [1.29, 1.82) is 0 Å². The fourth-order valence-corrected chi connectivity index (χ4v) is 2.56. The Bertz CT molecular complexity index is 184. The summed E-state index contributed by atoms with van der Waals surface area (Å²) < 4.78 is 35.7. The van der Waals surface area contributed by atoms with E-state index in [4.69, 9.17) is 11.6 Å². The Morgan fingerprint density at radius 1 is 1.13 bits per heavy atom. The van der Waals surface area contributed by atoms with Gasteiger partial charge in [-0.1, -0.05) is 12.8 Å². The Morgan fingerprint density at radius 2 is 1.73 bits per heavy atom. The van der Waals surface area contributed by atoms with Crippen LogP contribution in [0.1, 0.15) is 25.7 Å². The van der Waals surface area contributed by atoms with E-state index in [1.165, 1.54) is 0 Å². The van der Waals surface area contributed by atoms with E-state index in [1.54, 1.807) is 0 Å². The summed E-state index contributed by atoms with van der Waals surface area (Å²) >= 11 is 5.79. The first-order valence-corrected chi connectivity index (χ1v) is 5.90. The van der Waals surface area contributed by atoms with Gasteiger partial charge in [-0.15, -0.1) is 11.6 Å². The van der Waals surface area contributed by atoms with Gasteiger partial charge in [0.15, 0.2) is 0 Å². The molecule has 1 aliphatic rings. The molecule has 1 N–H and O–H groups in total. The molecule has 1 nitrogen and oxygen atoms in total. The fraction of sp³-hybridized carbons (Fsp3) is 1.00. The molecule has 0 aromatic heterocycles. The number of hydrogen-bond donors (Lipinski definition) is 1. The molecule has 90 valence electrons. The van der Waals surface area contributed by atoms with Gasteiger partial charge in [0.1, 0.15) is 0 Å². The monoisotopic (exact) mass is 243 g/mol. The quantitative estimate of drug-likeness (QED) is 0.748. The second-order valence-corrected chi connectivity index (χ2v) is 4.51. The molecule has 0 radical (unpaired) electrons. The van der Waals surface area contributed by atoms with E-state index in [-0.39, 0.29) is 0 Å². The smallest absolute Gasteiger partial charge is 0.308 e. The molecule has 0 aromatic carbocycles. The van der Waals surface area contributed by atoms with Crippen molar-refractivity contribution in [2.24, 2.45) is 11.8 Å². The summed E-state index contributed by atoms with van der Waals surface area (Å²) in [7, 11) is 0. The summed E-state index contributed by atoms with van der Waals surface area (Å²) in [5.41, 5.74) is 0. The molecule has 2 atom stereocenters. The molecule has 15 heavy (non-hydrogen) atoms. The number of rotatable bonds is 4. The molecular formula is C10H17ClF3N. The van der Waals surface area contributed by atoms with Crippen LogP contribution in [0.5, 0.6) is 0 Å². The van der Waals surface area contributed by atoms with Crippen LogP contribution in [0, 0.1) is 11.8 Å². The van der Waals surface area contributed by atoms with E-state index in [9.17, 15) is 13.2 Å². The van der Waals surface area contributed by atoms with Crippen LogP contribution in [-0.4, -0.2) is 25.1 Å². The van der Waals surface area contributed by atoms with Gasteiger partial charge in [-0.25, -0.2) is 0 Å². The van der Waals surface area contributed by atoms with Gasteiger partial charge in [0.2, 0.25) is 0 Å². The van der Waals surface area contributed by atoms with Crippen molar-refractivity contribution in [3.8, 4) is 0 Å². The first-order chi connectivity index (χ1) is 7.03. The van der Waals surface area contributed by atoms with Gasteiger partial charge in [-0.05, 0) is 31.2 Å². The topological polar surface area (TPSA) is 12.0 Å². The predicted octanol–water partition coefficient (Wildman–Crippen LogP) is 3.18. The van der Waals surface area contributed by atoms with E-state index in [0.717, 1.165) is 25.7 Å². The SMILES string of the molecule is FC(F)(F)CNCC1CCCCC1CCl. The predicted molar refractivity (Wildman–Crippen MR) is 55.1 cm³/mol. The highest BCUT2D eigenvalue weighted by Crippen LogP contribution is 2.30. The van der Waals surface area contributed by atoms with Gasteiger partial charge in [0.05, 0.1) is 6.54 Å². The van der Waals surface area contributed by atoms with Gasteiger partial charge >= 0.3 is 6.18 Å². The summed E-state index contributed by atoms with van der Waals surface area (Å²) in [5.74, 6) is 1.28. The molecule has 0 saturated heterocycles. The lowest BCUT2D eigenvalue weighted by molar-refractivity contribution is -0.125. The van der Waals surface area contributed by atoms with Crippen LogP contribution in [0.3, 0.4) is 0 Å². The normalized spacial score (nSPS) is 28.0. The average molecular weight is 244 g/mol. The number of nitrogens with one attached hydrogen (secondary N) is 1. The molecule has 1 fully saturated rings. The summed E-state index contributed by atoms with van der Waals surface area (Å²) in [5, 5.41) is 2.48. The molecule has 2 unspecified atom stereocenters. The minimum Gasteiger partial charge on any atom is -0.308 e. The second-order valence-electron chi connectivity index (χ2n) is 4.20. The molecule has 0 bridgehead atoms. The molecule has 0 heterocycles. The second kappa shape index (κ2) is 5.94. The van der Waals surface area contributed by atoms with Crippen LogP contribution in [0.15, 0.2) is 0 Å². The third-order valence-electron chi connectivity index (χ3n) is 3.00. The maximum Gasteiger partial charge on any atom is 0.401 e. The molecule has 0 spiro atoms. The third kappa shape index (κ3) is 5.07. The molecule has 1 saturated carbocycles. The highest BCUT2D eigenvalue weighted by atomic mass is 35.5. The van der Waals surface area contributed by atoms with Crippen molar-refractivity contribution in [1.82, 2.24) is 5.32 Å². The summed E-state index contributed by atoms with van der Waals surface area (Å²) in [4.78, 5) is 0. The van der Waals surface area contributed by atoms with Crippen LogP contribution < -0.4 is 5.32 Å². The minimum absolute atomic E-state index is 0.318. The number of alkyl halides is 4. The Kier molecular flexibility index (Phi) is 5.19. The van der Waals surface area contributed by atoms with Crippen molar-refractivity contribution in [2.75, 3.05) is 19.0 Å². The lowest BCUT2D eigenvalue weighted by atomic mass is 9.80. The van der Waals surface area contributed by atoms with Crippen LogP contribution in [0.25, 0.3) is 0 Å². The van der Waals surface area contributed by atoms with Gasteiger partial charge in [-0.2, -0.15) is 13.2 Å². The van der Waals surface area contributed by atoms with E-state index in [1.807, 2.05) is 0 Å². The summed E-state index contributed by atoms with van der Waals surface area (Å²) in [6.07, 6.45) is 0.230. The molecule has 5 heteroatoms. The molecule has 1 aliphatic carbocycles. The molecule has 0 amide bonds. The molecule has 1 rings (SSSR count). The Labute approximate surface area is 93.4 Å². The van der Waals surface area contributed by atoms with E-state index in [0.29, 0.717) is 24.3 Å². The number of hydrogen-bond acceptors (Lipinski definition) is 1. The fourth-order valence-electron chi connectivity index (χ4n) is 2.16. The minimum atomic E-state index is -4.11. The summed E-state index contributed by atoms with van der Waals surface area (Å²) in [6, 6.07) is 0. The van der Waals surface area contributed by atoms with Crippen LogP contribution in [0.2, 0.25) is 0 Å². The van der Waals surface area contributed by atoms with Gasteiger partial charge < -0.3 is 5.32 Å². The van der Waals surface area contributed by atoms with Crippen LogP contribution in [0.4, 0.5) is 13.2 Å². The highest BCUT2D eigenvalue weighted by molar-refractivity contribution is 6.18. The molecular weight excluding hydrogens is 227 g/mol. The Balaban J connectivity index is 2.23. The van der Waals surface area contributed by atoms with Gasteiger partial charge in [-0.3, -0.25) is 0 Å². The zero-order chi connectivity index (χ0) is 11.3. The summed E-state index contributed by atoms with van der Waals surface area (Å²) in [6.45, 7) is -0.449. The van der Waals surface area contributed by atoms with Crippen molar-refractivity contribution >= 4 is 11.6 Å². The highest BCUT2D eigenvalue weighted by Gasteiger charge is 2.28. The Morgan fingerprint density at radius 3 is 2.27 bits per heavy atom. The first kappa shape index (κ1) is 13.1.